The number of aromatic nitrogens is 2. The topological polar surface area (TPSA) is 85.5 Å². The van der Waals surface area contributed by atoms with E-state index in [2.05, 4.69) is 10.2 Å². The lowest BCUT2D eigenvalue weighted by Gasteiger charge is -2.36. The number of amides is 1. The van der Waals surface area contributed by atoms with E-state index in [1.54, 1.807) is 4.90 Å². The van der Waals surface area contributed by atoms with Crippen molar-refractivity contribution in [2.75, 3.05) is 0 Å². The molecule has 2 rings (SSSR count). The molecule has 7 nitrogen and oxygen atoms in total. The van der Waals surface area contributed by atoms with Crippen LogP contribution >= 0.6 is 0 Å². The Morgan fingerprint density at radius 1 is 1.24 bits per heavy atom. The summed E-state index contributed by atoms with van der Waals surface area (Å²) in [7, 11) is 0. The molecule has 1 aromatic rings. The Balaban J connectivity index is 2.20. The number of carbonyl (C=O) groups excluding carboxylic acids is 2. The number of ether oxygens (including phenoxy) is 1. The first-order valence-electron chi connectivity index (χ1n) is 9.19. The Bertz CT molecular complexity index is 564. The second-order valence-corrected chi connectivity index (χ2v) is 7.39. The zero-order valence-corrected chi connectivity index (χ0v) is 15.6. The average molecular weight is 351 g/mol. The van der Waals surface area contributed by atoms with E-state index < -0.39 is 6.04 Å². The van der Waals surface area contributed by atoms with E-state index in [-0.39, 0.29) is 35.8 Å². The first-order valence-corrected chi connectivity index (χ1v) is 9.19. The number of Topliss-reactive ketones (excluding diaryl/α,β-unsaturated/α-hetero) is 1. The Morgan fingerprint density at radius 2 is 1.92 bits per heavy atom. The van der Waals surface area contributed by atoms with Gasteiger partial charge < -0.3 is 14.1 Å². The van der Waals surface area contributed by atoms with Gasteiger partial charge in [0.2, 0.25) is 12.2 Å². The average Bonchev–Trinajstić information content (AvgIpc) is 3.02. The molecular weight excluding hydrogens is 322 g/mol. The largest absolute Gasteiger partial charge is 0.446 e. The van der Waals surface area contributed by atoms with Crippen LogP contribution in [0.4, 0.5) is 0 Å². The van der Waals surface area contributed by atoms with Crippen molar-refractivity contribution in [3.8, 4) is 6.08 Å². The standard InChI is InChI=1S/C18H29N3O4/c1-12(2)10-15(21(11-22)14-8-6-5-7-9-14)16(23)17-19-20-18(25-17)24-13(3)4/h11-15H,5-10H2,1-4H3/t15-/m0/s1. The van der Waals surface area contributed by atoms with Gasteiger partial charge in [0.15, 0.2) is 0 Å². The molecule has 7 heteroatoms. The fourth-order valence-corrected chi connectivity index (χ4v) is 3.30. The van der Waals surface area contributed by atoms with Crippen LogP contribution in [0, 0.1) is 5.92 Å². The van der Waals surface area contributed by atoms with Gasteiger partial charge in [0.25, 0.3) is 5.89 Å². The Kier molecular flexibility index (Phi) is 6.96. The van der Waals surface area contributed by atoms with Crippen LogP contribution < -0.4 is 4.74 Å². The van der Waals surface area contributed by atoms with Crippen molar-refractivity contribution in [1.82, 2.24) is 15.1 Å². The highest BCUT2D eigenvalue weighted by atomic mass is 16.6. The maximum absolute atomic E-state index is 13.0. The molecular formula is C18H29N3O4. The molecule has 1 aliphatic rings. The van der Waals surface area contributed by atoms with Crippen molar-refractivity contribution in [2.24, 2.45) is 5.92 Å². The highest BCUT2D eigenvalue weighted by Crippen LogP contribution is 2.27. The summed E-state index contributed by atoms with van der Waals surface area (Å²) < 4.78 is 10.7. The summed E-state index contributed by atoms with van der Waals surface area (Å²) in [6.07, 6.45) is 6.47. The third-order valence-electron chi connectivity index (χ3n) is 4.43. The fraction of sp³-hybridized carbons (Fsp3) is 0.778. The zero-order chi connectivity index (χ0) is 18.4. The van der Waals surface area contributed by atoms with Crippen LogP contribution in [0.25, 0.3) is 0 Å². The van der Waals surface area contributed by atoms with Crippen LogP contribution in [0.2, 0.25) is 0 Å². The zero-order valence-electron chi connectivity index (χ0n) is 15.6. The molecule has 0 bridgehead atoms. The molecule has 140 valence electrons. The second-order valence-electron chi connectivity index (χ2n) is 7.39. The Labute approximate surface area is 149 Å². The van der Waals surface area contributed by atoms with Gasteiger partial charge in [-0.2, -0.15) is 0 Å². The number of hydrogen-bond donors (Lipinski definition) is 0. The summed E-state index contributed by atoms with van der Waals surface area (Å²) in [5.41, 5.74) is 0. The van der Waals surface area contributed by atoms with Gasteiger partial charge in [-0.3, -0.25) is 9.59 Å². The van der Waals surface area contributed by atoms with Crippen LogP contribution in [0.5, 0.6) is 6.08 Å². The molecule has 0 aromatic carbocycles. The highest BCUT2D eigenvalue weighted by Gasteiger charge is 2.35. The van der Waals surface area contributed by atoms with Crippen LogP contribution in [0.15, 0.2) is 4.42 Å². The van der Waals surface area contributed by atoms with Crippen molar-refractivity contribution >= 4 is 12.2 Å². The number of hydrogen-bond acceptors (Lipinski definition) is 6. The second kappa shape index (κ2) is 8.97. The van der Waals surface area contributed by atoms with Gasteiger partial charge in [-0.05, 0) is 39.0 Å². The molecule has 1 aliphatic carbocycles. The SMILES string of the molecule is CC(C)C[C@@H](C(=O)c1nnc(OC(C)C)o1)N(C=O)C1CCCCC1. The van der Waals surface area contributed by atoms with Gasteiger partial charge in [0.1, 0.15) is 6.04 Å². The number of nitrogens with zero attached hydrogens (tertiary/aromatic N) is 3. The van der Waals surface area contributed by atoms with Gasteiger partial charge in [-0.15, -0.1) is 5.10 Å². The van der Waals surface area contributed by atoms with E-state index in [9.17, 15) is 9.59 Å². The highest BCUT2D eigenvalue weighted by molar-refractivity contribution is 5.97. The summed E-state index contributed by atoms with van der Waals surface area (Å²) in [4.78, 5) is 26.4. The predicted molar refractivity (Wildman–Crippen MR) is 92.4 cm³/mol. The molecule has 25 heavy (non-hydrogen) atoms. The van der Waals surface area contributed by atoms with E-state index in [1.807, 2.05) is 27.7 Å². The van der Waals surface area contributed by atoms with Crippen molar-refractivity contribution in [3.63, 3.8) is 0 Å². The lowest BCUT2D eigenvalue weighted by atomic mass is 9.91. The van der Waals surface area contributed by atoms with E-state index in [0.29, 0.717) is 6.42 Å². The minimum atomic E-state index is -0.576. The number of ketones is 1. The van der Waals surface area contributed by atoms with Gasteiger partial charge in [-0.1, -0.05) is 38.2 Å². The summed E-state index contributed by atoms with van der Waals surface area (Å²) in [6, 6.07) is -0.471. The quantitative estimate of drug-likeness (QED) is 0.501. The minimum absolute atomic E-state index is 0.0167. The van der Waals surface area contributed by atoms with E-state index in [1.165, 1.54) is 6.42 Å². The van der Waals surface area contributed by atoms with E-state index in [0.717, 1.165) is 32.1 Å². The normalized spacial score (nSPS) is 16.9. The van der Waals surface area contributed by atoms with Crippen molar-refractivity contribution in [1.29, 1.82) is 0 Å². The number of carbonyl (C=O) groups is 2. The Morgan fingerprint density at radius 3 is 2.48 bits per heavy atom. The molecule has 0 N–H and O–H groups in total. The van der Waals surface area contributed by atoms with Gasteiger partial charge in [0.05, 0.1) is 6.10 Å². The third-order valence-corrected chi connectivity index (χ3v) is 4.43. The fourth-order valence-electron chi connectivity index (χ4n) is 3.30. The molecule has 1 aromatic heterocycles. The maximum atomic E-state index is 13.0. The molecule has 0 saturated heterocycles. The van der Waals surface area contributed by atoms with E-state index >= 15 is 0 Å². The number of rotatable bonds is 9. The van der Waals surface area contributed by atoms with Crippen molar-refractivity contribution in [2.45, 2.75) is 84.4 Å². The van der Waals surface area contributed by atoms with Gasteiger partial charge >= 0.3 is 6.08 Å². The summed E-state index contributed by atoms with van der Waals surface area (Å²) in [5, 5.41) is 7.60. The summed E-state index contributed by atoms with van der Waals surface area (Å²) in [6.45, 7) is 7.74. The van der Waals surface area contributed by atoms with Gasteiger partial charge in [0, 0.05) is 6.04 Å². The Hall–Kier alpha value is -1.92. The first-order chi connectivity index (χ1) is 11.9. The first kappa shape index (κ1) is 19.4. The monoisotopic (exact) mass is 351 g/mol. The minimum Gasteiger partial charge on any atom is -0.446 e. The molecule has 1 atom stereocenters. The van der Waals surface area contributed by atoms with Crippen molar-refractivity contribution < 1.29 is 18.7 Å². The van der Waals surface area contributed by atoms with Gasteiger partial charge in [-0.25, -0.2) is 0 Å². The lowest BCUT2D eigenvalue weighted by molar-refractivity contribution is -0.122. The molecule has 0 spiro atoms. The molecule has 1 saturated carbocycles. The van der Waals surface area contributed by atoms with Crippen LogP contribution in [-0.4, -0.2) is 45.5 Å². The molecule has 1 amide bonds. The van der Waals surface area contributed by atoms with Crippen LogP contribution in [-0.2, 0) is 4.79 Å². The smallest absolute Gasteiger partial charge is 0.415 e. The van der Waals surface area contributed by atoms with Crippen LogP contribution in [0.3, 0.4) is 0 Å². The summed E-state index contributed by atoms with van der Waals surface area (Å²) in [5.74, 6) is -0.143. The molecule has 0 aliphatic heterocycles. The summed E-state index contributed by atoms with van der Waals surface area (Å²) >= 11 is 0. The molecule has 1 heterocycles. The predicted octanol–water partition coefficient (Wildman–Crippen LogP) is 3.25. The third kappa shape index (κ3) is 5.28. The maximum Gasteiger partial charge on any atom is 0.415 e. The molecule has 0 radical (unpaired) electrons. The van der Waals surface area contributed by atoms with Crippen molar-refractivity contribution in [3.05, 3.63) is 5.89 Å². The van der Waals surface area contributed by atoms with Crippen LogP contribution in [0.1, 0.15) is 76.9 Å². The lowest BCUT2D eigenvalue weighted by Crippen LogP contribution is -2.48. The van der Waals surface area contributed by atoms with E-state index in [4.69, 9.17) is 9.15 Å². The molecule has 1 fully saturated rings. The molecule has 0 unspecified atom stereocenters.